The topological polar surface area (TPSA) is 60.9 Å². The Hall–Kier alpha value is -2.50. The highest BCUT2D eigenvalue weighted by molar-refractivity contribution is 6.21. The fourth-order valence-electron chi connectivity index (χ4n) is 3.68. The second-order valence-electron chi connectivity index (χ2n) is 6.67. The van der Waals surface area contributed by atoms with Gasteiger partial charge in [0.25, 0.3) is 11.8 Å². The molecule has 0 spiro atoms. The second kappa shape index (κ2) is 6.43. The highest BCUT2D eigenvalue weighted by atomic mass is 16.3. The van der Waals surface area contributed by atoms with E-state index < -0.39 is 6.10 Å². The number of hydrogen-bond donors (Lipinski definition) is 1. The van der Waals surface area contributed by atoms with Crippen molar-refractivity contribution < 1.29 is 14.7 Å². The molecule has 2 aliphatic heterocycles. The van der Waals surface area contributed by atoms with E-state index in [0.717, 1.165) is 24.4 Å². The fourth-order valence-corrected chi connectivity index (χ4v) is 3.68. The summed E-state index contributed by atoms with van der Waals surface area (Å²) in [6.07, 6.45) is 0.197. The largest absolute Gasteiger partial charge is 0.390 e. The number of β-amino-alcohol motifs (C(OH)–C–C–N with tert-alkyl or cyclic N) is 1. The van der Waals surface area contributed by atoms with Gasteiger partial charge in [-0.3, -0.25) is 19.4 Å². The Morgan fingerprint density at radius 1 is 0.880 bits per heavy atom. The Labute approximate surface area is 146 Å². The normalized spacial score (nSPS) is 18.2. The molecule has 2 aromatic carbocycles. The number of carbonyl (C=O) groups excluding carboxylic acids is 2. The number of carbonyl (C=O) groups is 2. The van der Waals surface area contributed by atoms with Gasteiger partial charge in [-0.2, -0.15) is 0 Å². The smallest absolute Gasteiger partial charge is 0.261 e. The number of hydrogen-bond acceptors (Lipinski definition) is 4. The zero-order valence-electron chi connectivity index (χ0n) is 13.9. The molecule has 0 bridgehead atoms. The highest BCUT2D eigenvalue weighted by Gasteiger charge is 2.36. The van der Waals surface area contributed by atoms with Crippen LogP contribution in [0, 0.1) is 0 Å². The monoisotopic (exact) mass is 336 g/mol. The van der Waals surface area contributed by atoms with Crippen LogP contribution < -0.4 is 0 Å². The third kappa shape index (κ3) is 2.97. The third-order valence-electron chi connectivity index (χ3n) is 4.95. The average molecular weight is 336 g/mol. The molecule has 25 heavy (non-hydrogen) atoms. The molecule has 5 nitrogen and oxygen atoms in total. The molecular formula is C20H20N2O3. The van der Waals surface area contributed by atoms with Gasteiger partial charge in [0.2, 0.25) is 0 Å². The molecule has 0 aromatic heterocycles. The molecule has 128 valence electrons. The maximum absolute atomic E-state index is 12.4. The Balaban J connectivity index is 1.40. The molecule has 2 aliphatic rings. The summed E-state index contributed by atoms with van der Waals surface area (Å²) in [6.45, 7) is 2.14. The number of aliphatic hydroxyl groups is 1. The van der Waals surface area contributed by atoms with Crippen molar-refractivity contribution >= 4 is 11.8 Å². The van der Waals surface area contributed by atoms with Gasteiger partial charge in [0.05, 0.1) is 23.8 Å². The summed E-state index contributed by atoms with van der Waals surface area (Å²) in [5, 5.41) is 10.4. The lowest BCUT2D eigenvalue weighted by molar-refractivity contribution is 0.0461. The molecule has 2 heterocycles. The van der Waals surface area contributed by atoms with Crippen molar-refractivity contribution in [2.75, 3.05) is 19.6 Å². The lowest BCUT2D eigenvalue weighted by Crippen LogP contribution is -2.43. The average Bonchev–Trinajstić information content (AvgIpc) is 2.87. The van der Waals surface area contributed by atoms with E-state index in [1.54, 1.807) is 24.3 Å². The summed E-state index contributed by atoms with van der Waals surface area (Å²) in [4.78, 5) is 28.1. The van der Waals surface area contributed by atoms with E-state index in [1.165, 1.54) is 11.1 Å². The van der Waals surface area contributed by atoms with Gasteiger partial charge in [0, 0.05) is 19.6 Å². The van der Waals surface area contributed by atoms with Crippen LogP contribution in [0.5, 0.6) is 0 Å². The van der Waals surface area contributed by atoms with Crippen LogP contribution in [0.1, 0.15) is 31.8 Å². The van der Waals surface area contributed by atoms with E-state index >= 15 is 0 Å². The summed E-state index contributed by atoms with van der Waals surface area (Å²) in [5.74, 6) is -0.632. The fraction of sp³-hybridized carbons (Fsp3) is 0.300. The van der Waals surface area contributed by atoms with Gasteiger partial charge in [0.1, 0.15) is 0 Å². The van der Waals surface area contributed by atoms with E-state index in [4.69, 9.17) is 0 Å². The first-order valence-corrected chi connectivity index (χ1v) is 8.56. The van der Waals surface area contributed by atoms with Crippen LogP contribution in [0.25, 0.3) is 0 Å². The molecule has 0 radical (unpaired) electrons. The quantitative estimate of drug-likeness (QED) is 0.864. The number of aliphatic hydroxyl groups excluding tert-OH is 1. The standard InChI is InChI=1S/C20H20N2O3/c23-16(12-21-10-9-14-5-1-2-6-15(14)11-21)13-22-19(24)17-7-3-4-8-18(17)20(22)25/h1-8,16,23H,9-13H2/t16-/m0/s1. The summed E-state index contributed by atoms with van der Waals surface area (Å²) in [6, 6.07) is 15.1. The summed E-state index contributed by atoms with van der Waals surface area (Å²) in [5.41, 5.74) is 3.48. The molecule has 1 atom stereocenters. The van der Waals surface area contributed by atoms with Crippen molar-refractivity contribution in [3.8, 4) is 0 Å². The summed E-state index contributed by atoms with van der Waals surface area (Å²) in [7, 11) is 0. The van der Waals surface area contributed by atoms with Crippen molar-refractivity contribution in [2.24, 2.45) is 0 Å². The Kier molecular flexibility index (Phi) is 4.11. The van der Waals surface area contributed by atoms with Crippen molar-refractivity contribution in [1.29, 1.82) is 0 Å². The van der Waals surface area contributed by atoms with E-state index in [-0.39, 0.29) is 18.4 Å². The number of amides is 2. The maximum Gasteiger partial charge on any atom is 0.261 e. The summed E-state index contributed by atoms with van der Waals surface area (Å²) < 4.78 is 0. The van der Waals surface area contributed by atoms with E-state index in [1.807, 2.05) is 12.1 Å². The molecule has 0 aliphatic carbocycles. The first-order valence-electron chi connectivity index (χ1n) is 8.56. The van der Waals surface area contributed by atoms with Gasteiger partial charge >= 0.3 is 0 Å². The Morgan fingerprint density at radius 3 is 2.16 bits per heavy atom. The molecule has 2 aromatic rings. The zero-order valence-corrected chi connectivity index (χ0v) is 13.9. The number of fused-ring (bicyclic) bond motifs is 2. The molecule has 4 rings (SSSR count). The SMILES string of the molecule is O=C1c2ccccc2C(=O)N1C[C@@H](O)CN1CCc2ccccc2C1. The minimum absolute atomic E-state index is 0.0322. The van der Waals surface area contributed by atoms with Gasteiger partial charge in [-0.05, 0) is 29.7 Å². The van der Waals surface area contributed by atoms with Crippen LogP contribution in [-0.2, 0) is 13.0 Å². The van der Waals surface area contributed by atoms with Gasteiger partial charge < -0.3 is 5.11 Å². The molecule has 1 N–H and O–H groups in total. The molecular weight excluding hydrogens is 316 g/mol. The van der Waals surface area contributed by atoms with Gasteiger partial charge in [-0.25, -0.2) is 0 Å². The van der Waals surface area contributed by atoms with Crippen LogP contribution in [0.3, 0.4) is 0 Å². The second-order valence-corrected chi connectivity index (χ2v) is 6.67. The number of rotatable bonds is 4. The maximum atomic E-state index is 12.4. The van der Waals surface area contributed by atoms with Crippen molar-refractivity contribution in [3.05, 3.63) is 70.8 Å². The van der Waals surface area contributed by atoms with E-state index in [2.05, 4.69) is 17.0 Å². The predicted molar refractivity (Wildman–Crippen MR) is 93.2 cm³/mol. The third-order valence-corrected chi connectivity index (χ3v) is 4.95. The predicted octanol–water partition coefficient (Wildman–Crippen LogP) is 1.70. The minimum Gasteiger partial charge on any atom is -0.390 e. The van der Waals surface area contributed by atoms with Gasteiger partial charge in [-0.15, -0.1) is 0 Å². The van der Waals surface area contributed by atoms with Crippen LogP contribution >= 0.6 is 0 Å². The first-order chi connectivity index (χ1) is 12.1. The number of imide groups is 1. The van der Waals surface area contributed by atoms with Crippen LogP contribution in [0.4, 0.5) is 0 Å². The van der Waals surface area contributed by atoms with Gasteiger partial charge in [-0.1, -0.05) is 36.4 Å². The lowest BCUT2D eigenvalue weighted by atomic mass is 10.00. The molecule has 0 fully saturated rings. The Morgan fingerprint density at radius 2 is 1.48 bits per heavy atom. The molecule has 0 saturated carbocycles. The zero-order chi connectivity index (χ0) is 17.4. The Bertz CT molecular complexity index is 798. The summed E-state index contributed by atoms with van der Waals surface area (Å²) >= 11 is 0. The molecule has 0 saturated heterocycles. The van der Waals surface area contributed by atoms with Crippen molar-refractivity contribution in [1.82, 2.24) is 9.80 Å². The molecule has 2 amide bonds. The molecule has 0 unspecified atom stereocenters. The lowest BCUT2D eigenvalue weighted by Gasteiger charge is -2.31. The van der Waals surface area contributed by atoms with E-state index in [0.29, 0.717) is 17.7 Å². The highest BCUT2D eigenvalue weighted by Crippen LogP contribution is 2.23. The van der Waals surface area contributed by atoms with Gasteiger partial charge in [0.15, 0.2) is 0 Å². The van der Waals surface area contributed by atoms with E-state index in [9.17, 15) is 14.7 Å². The minimum atomic E-state index is -0.757. The number of nitrogens with zero attached hydrogens (tertiary/aromatic N) is 2. The van der Waals surface area contributed by atoms with Crippen LogP contribution in [0.2, 0.25) is 0 Å². The first kappa shape index (κ1) is 16.0. The van der Waals surface area contributed by atoms with Crippen molar-refractivity contribution in [3.63, 3.8) is 0 Å². The van der Waals surface area contributed by atoms with Crippen molar-refractivity contribution in [2.45, 2.75) is 19.1 Å². The number of benzene rings is 2. The van der Waals surface area contributed by atoms with Crippen LogP contribution in [0.15, 0.2) is 48.5 Å². The van der Waals surface area contributed by atoms with Crippen LogP contribution in [-0.4, -0.2) is 52.5 Å². The molecule has 5 heteroatoms.